The fourth-order valence-electron chi connectivity index (χ4n) is 2.70. The minimum absolute atomic E-state index is 0.117. The zero-order valence-electron chi connectivity index (χ0n) is 12.5. The molecule has 1 aliphatic rings. The van der Waals surface area contributed by atoms with Crippen molar-refractivity contribution >= 4 is 39.2 Å². The topological polar surface area (TPSA) is 66.4 Å². The molecule has 0 saturated heterocycles. The van der Waals surface area contributed by atoms with Gasteiger partial charge in [0.15, 0.2) is 5.78 Å². The molecular weight excluding hydrogens is 370 g/mol. The van der Waals surface area contributed by atoms with Crippen LogP contribution in [0.15, 0.2) is 22.7 Å². The molecule has 0 heterocycles. The van der Waals surface area contributed by atoms with Crippen LogP contribution < -0.4 is 5.32 Å². The van der Waals surface area contributed by atoms with Gasteiger partial charge in [0, 0.05) is 22.3 Å². The molecule has 120 valence electrons. The summed E-state index contributed by atoms with van der Waals surface area (Å²) in [6.45, 7) is 3.39. The van der Waals surface area contributed by atoms with Gasteiger partial charge in [0.2, 0.25) is 5.91 Å². The first-order valence-electron chi connectivity index (χ1n) is 7.16. The van der Waals surface area contributed by atoms with Gasteiger partial charge in [-0.3, -0.25) is 9.59 Å². The van der Waals surface area contributed by atoms with Crippen LogP contribution in [-0.4, -0.2) is 28.8 Å². The van der Waals surface area contributed by atoms with E-state index in [0.29, 0.717) is 29.8 Å². The van der Waals surface area contributed by atoms with Crippen LogP contribution in [0.3, 0.4) is 0 Å². The number of nitrogens with one attached hydrogen (secondary N) is 1. The molecule has 6 heteroatoms. The van der Waals surface area contributed by atoms with E-state index in [1.807, 2.05) is 0 Å². The molecule has 1 aromatic carbocycles. The Morgan fingerprint density at radius 3 is 2.77 bits per heavy atom. The summed E-state index contributed by atoms with van der Waals surface area (Å²) in [7, 11) is 0. The van der Waals surface area contributed by atoms with Crippen molar-refractivity contribution in [3.8, 4) is 0 Å². The van der Waals surface area contributed by atoms with E-state index in [9.17, 15) is 14.7 Å². The Labute approximate surface area is 143 Å². The lowest BCUT2D eigenvalue weighted by molar-refractivity contribution is -0.123. The zero-order chi connectivity index (χ0) is 16.5. The fourth-order valence-corrected chi connectivity index (χ4v) is 3.21. The van der Waals surface area contributed by atoms with Crippen LogP contribution in [0.4, 0.5) is 0 Å². The van der Waals surface area contributed by atoms with Crippen LogP contribution in [0.25, 0.3) is 0 Å². The Morgan fingerprint density at radius 1 is 1.45 bits per heavy atom. The summed E-state index contributed by atoms with van der Waals surface area (Å²) in [5.74, 6) is 0.113. The average molecular weight is 389 g/mol. The van der Waals surface area contributed by atoms with Crippen molar-refractivity contribution in [1.82, 2.24) is 5.32 Å². The Kier molecular flexibility index (Phi) is 5.30. The van der Waals surface area contributed by atoms with E-state index >= 15 is 0 Å². The number of aliphatic hydroxyl groups is 1. The number of carbonyl (C=O) groups is 2. The molecule has 0 unspecified atom stereocenters. The highest BCUT2D eigenvalue weighted by Gasteiger charge is 2.47. The normalized spacial score (nSPS) is 23.0. The summed E-state index contributed by atoms with van der Waals surface area (Å²) in [5.41, 5.74) is 0.234. The third-order valence-electron chi connectivity index (χ3n) is 4.09. The average Bonchev–Trinajstić information content (AvgIpc) is 2.47. The molecule has 4 nitrogen and oxygen atoms in total. The molecule has 1 aliphatic carbocycles. The third kappa shape index (κ3) is 3.21. The van der Waals surface area contributed by atoms with E-state index in [-0.39, 0.29) is 11.7 Å². The van der Waals surface area contributed by atoms with Gasteiger partial charge in [0.05, 0.1) is 17.6 Å². The molecule has 0 aliphatic heterocycles. The minimum atomic E-state index is -0.984. The number of hydrogen-bond acceptors (Lipinski definition) is 3. The Bertz CT molecular complexity index is 603. The maximum atomic E-state index is 12.6. The van der Waals surface area contributed by atoms with Gasteiger partial charge >= 0.3 is 0 Å². The number of halogens is 2. The van der Waals surface area contributed by atoms with Gasteiger partial charge in [0.25, 0.3) is 0 Å². The zero-order valence-corrected chi connectivity index (χ0v) is 14.9. The number of amides is 1. The van der Waals surface area contributed by atoms with Crippen molar-refractivity contribution in [2.24, 2.45) is 5.41 Å². The highest BCUT2D eigenvalue weighted by Crippen LogP contribution is 2.41. The van der Waals surface area contributed by atoms with Crippen LogP contribution in [0.1, 0.15) is 48.7 Å². The third-order valence-corrected chi connectivity index (χ3v) is 4.85. The van der Waals surface area contributed by atoms with Crippen molar-refractivity contribution in [2.75, 3.05) is 5.88 Å². The fraction of sp³-hybridized carbons (Fsp3) is 0.500. The lowest BCUT2D eigenvalue weighted by atomic mass is 9.68. The first-order valence-corrected chi connectivity index (χ1v) is 8.49. The SMILES string of the molecule is CC1(C)C(=O)c2ccc(Br)cc2[C@@H](NC(=O)CCCCl)[C@@H]1O. The maximum Gasteiger partial charge on any atom is 0.220 e. The second-order valence-electron chi connectivity index (χ2n) is 6.06. The second kappa shape index (κ2) is 6.69. The lowest BCUT2D eigenvalue weighted by Crippen LogP contribution is -2.51. The quantitative estimate of drug-likeness (QED) is 0.778. The summed E-state index contributed by atoms with van der Waals surface area (Å²) in [6, 6.07) is 4.69. The maximum absolute atomic E-state index is 12.6. The highest BCUT2D eigenvalue weighted by molar-refractivity contribution is 9.10. The standard InChI is InChI=1S/C16H19BrClNO3/c1-16(2)14(21)10-6-5-9(17)8-11(10)13(15(16)22)19-12(20)4-3-7-18/h5-6,8,13,15,22H,3-4,7H2,1-2H3,(H,19,20)/t13-,15+/m1/s1. The minimum Gasteiger partial charge on any atom is -0.390 e. The van der Waals surface area contributed by atoms with Crippen LogP contribution in [0, 0.1) is 5.41 Å². The predicted molar refractivity (Wildman–Crippen MR) is 89.1 cm³/mol. The molecule has 22 heavy (non-hydrogen) atoms. The Morgan fingerprint density at radius 2 is 2.14 bits per heavy atom. The van der Waals surface area contributed by atoms with Crippen LogP contribution in [-0.2, 0) is 4.79 Å². The largest absolute Gasteiger partial charge is 0.390 e. The smallest absolute Gasteiger partial charge is 0.220 e. The number of benzene rings is 1. The van der Waals surface area contributed by atoms with Crippen molar-refractivity contribution < 1.29 is 14.7 Å². The molecular formula is C16H19BrClNO3. The van der Waals surface area contributed by atoms with Crippen molar-refractivity contribution in [3.63, 3.8) is 0 Å². The van der Waals surface area contributed by atoms with Gasteiger partial charge in [0.1, 0.15) is 0 Å². The van der Waals surface area contributed by atoms with E-state index in [0.717, 1.165) is 4.47 Å². The summed E-state index contributed by atoms with van der Waals surface area (Å²) >= 11 is 8.97. The molecule has 0 saturated carbocycles. The molecule has 2 N–H and O–H groups in total. The number of hydrogen-bond donors (Lipinski definition) is 2. The van der Waals surface area contributed by atoms with Gasteiger partial charge in [-0.05, 0) is 44.0 Å². The molecule has 2 atom stereocenters. The first-order chi connectivity index (χ1) is 10.3. The van der Waals surface area contributed by atoms with Crippen molar-refractivity contribution in [1.29, 1.82) is 0 Å². The van der Waals surface area contributed by atoms with E-state index in [2.05, 4.69) is 21.2 Å². The van der Waals surface area contributed by atoms with E-state index < -0.39 is 17.6 Å². The molecule has 0 fully saturated rings. The molecule has 0 aromatic heterocycles. The Hall–Kier alpha value is -0.910. The van der Waals surface area contributed by atoms with Crippen LogP contribution in [0.2, 0.25) is 0 Å². The number of rotatable bonds is 4. The van der Waals surface area contributed by atoms with Gasteiger partial charge in [-0.1, -0.05) is 15.9 Å². The number of aliphatic hydroxyl groups excluding tert-OH is 1. The Balaban J connectivity index is 2.39. The van der Waals surface area contributed by atoms with Gasteiger partial charge in [-0.2, -0.15) is 0 Å². The number of fused-ring (bicyclic) bond motifs is 1. The van der Waals surface area contributed by atoms with Gasteiger partial charge in [-0.25, -0.2) is 0 Å². The second-order valence-corrected chi connectivity index (χ2v) is 7.36. The van der Waals surface area contributed by atoms with E-state index in [1.54, 1.807) is 32.0 Å². The summed E-state index contributed by atoms with van der Waals surface area (Å²) < 4.78 is 0.797. The number of carbonyl (C=O) groups excluding carboxylic acids is 2. The van der Waals surface area contributed by atoms with Crippen molar-refractivity contribution in [2.45, 2.75) is 38.8 Å². The molecule has 1 aromatic rings. The number of alkyl halides is 1. The lowest BCUT2D eigenvalue weighted by Gasteiger charge is -2.41. The number of ketones is 1. The molecule has 0 bridgehead atoms. The number of Topliss-reactive ketones (excluding diaryl/α,β-unsaturated/α-hetero) is 1. The molecule has 1 amide bonds. The van der Waals surface area contributed by atoms with E-state index in [1.165, 1.54) is 0 Å². The van der Waals surface area contributed by atoms with Crippen LogP contribution >= 0.6 is 27.5 Å². The van der Waals surface area contributed by atoms with Crippen molar-refractivity contribution in [3.05, 3.63) is 33.8 Å². The van der Waals surface area contributed by atoms with Gasteiger partial charge in [-0.15, -0.1) is 11.6 Å². The van der Waals surface area contributed by atoms with Crippen LogP contribution in [0.5, 0.6) is 0 Å². The molecule has 0 radical (unpaired) electrons. The van der Waals surface area contributed by atoms with E-state index in [4.69, 9.17) is 11.6 Å². The molecule has 2 rings (SSSR count). The summed E-state index contributed by atoms with van der Waals surface area (Å²) in [6.07, 6.45) is -0.115. The summed E-state index contributed by atoms with van der Waals surface area (Å²) in [4.78, 5) is 24.6. The monoisotopic (exact) mass is 387 g/mol. The summed E-state index contributed by atoms with van der Waals surface area (Å²) in [5, 5.41) is 13.4. The van der Waals surface area contributed by atoms with Gasteiger partial charge < -0.3 is 10.4 Å². The predicted octanol–water partition coefficient (Wildman–Crippen LogP) is 3.21. The highest BCUT2D eigenvalue weighted by atomic mass is 79.9. The first kappa shape index (κ1) is 17.4. The molecule has 0 spiro atoms.